The van der Waals surface area contributed by atoms with Gasteiger partial charge in [0.1, 0.15) is 34.5 Å². The van der Waals surface area contributed by atoms with Crippen LogP contribution in [0.4, 0.5) is 51.2 Å². The molecule has 6 heterocycles. The van der Waals surface area contributed by atoms with E-state index >= 15 is 0 Å². The molecule has 72 heavy (non-hydrogen) atoms. The number of hydrogen-bond acceptors (Lipinski definition) is 6. The number of fused-ring (bicyclic) bond motifs is 12. The van der Waals surface area contributed by atoms with Crippen LogP contribution in [0.1, 0.15) is 0 Å². The molecule has 6 aliphatic heterocycles. The number of ether oxygens (including phenoxy) is 3. The van der Waals surface area contributed by atoms with E-state index in [1.165, 1.54) is 0 Å². The first-order chi connectivity index (χ1) is 35.4. The number of nitrogens with zero attached hydrogens (tertiary/aromatic N) is 3. The summed E-state index contributed by atoms with van der Waals surface area (Å²) >= 11 is 21.3. The molecule has 0 radical (unpaired) electrons. The van der Waals surface area contributed by atoms with Gasteiger partial charge < -0.3 is 28.9 Å². The first-order valence-electron chi connectivity index (χ1n) is 24.1. The number of para-hydroxylation sites is 5. The van der Waals surface area contributed by atoms with Crippen molar-refractivity contribution in [1.82, 2.24) is 0 Å². The molecule has 0 aromatic heterocycles. The van der Waals surface area contributed by atoms with Gasteiger partial charge in [-0.1, -0.05) is 138 Å². The highest BCUT2D eigenvalue weighted by Crippen LogP contribution is 2.49. The van der Waals surface area contributed by atoms with Crippen LogP contribution in [-0.2, 0) is 0 Å². The lowest BCUT2D eigenvalue weighted by molar-refractivity contribution is 0.487. The summed E-state index contributed by atoms with van der Waals surface area (Å²) in [6.07, 6.45) is 0. The molecule has 0 saturated carbocycles. The average Bonchev–Trinajstić information content (AvgIpc) is 3.40. The molecule has 0 saturated heterocycles. The molecule has 0 unspecified atom stereocenters. The van der Waals surface area contributed by atoms with Crippen LogP contribution in [0, 0.1) is 0 Å². The van der Waals surface area contributed by atoms with Gasteiger partial charge in [0.05, 0.1) is 0 Å². The Hall–Kier alpha value is -7.94. The molecule has 0 aliphatic carbocycles. The topological polar surface area (TPSA) is 37.4 Å². The molecule has 336 valence electrons. The lowest BCUT2D eigenvalue weighted by atomic mass is 9.29. The van der Waals surface area contributed by atoms with Gasteiger partial charge in [-0.2, -0.15) is 0 Å². The molecule has 0 spiro atoms. The van der Waals surface area contributed by atoms with Crippen LogP contribution in [0.5, 0.6) is 34.5 Å². The van der Waals surface area contributed by atoms with Crippen LogP contribution in [0.2, 0.25) is 15.1 Å². The Morgan fingerprint density at radius 3 is 1.01 bits per heavy atom. The molecule has 0 atom stereocenters. The van der Waals surface area contributed by atoms with E-state index in [1.807, 2.05) is 36.4 Å². The van der Waals surface area contributed by atoms with Gasteiger partial charge in [-0.25, -0.2) is 0 Å². The largest absolute Gasteiger partial charge is 0.458 e. The first kappa shape index (κ1) is 40.8. The molecule has 12 heteroatoms. The van der Waals surface area contributed by atoms with E-state index in [0.29, 0.717) is 20.8 Å². The molecular weight excluding hydrogens is 949 g/mol. The number of anilines is 9. The van der Waals surface area contributed by atoms with Gasteiger partial charge in [0.25, 0.3) is 20.1 Å². The molecule has 6 aliphatic rings. The van der Waals surface area contributed by atoms with Crippen molar-refractivity contribution < 1.29 is 14.2 Å². The summed E-state index contributed by atoms with van der Waals surface area (Å²) in [5.41, 5.74) is 18.9. The minimum Gasteiger partial charge on any atom is -0.458 e. The van der Waals surface area contributed by atoms with E-state index in [1.54, 1.807) is 0 Å². The maximum atomic E-state index is 7.28. The molecule has 0 fully saturated rings. The van der Waals surface area contributed by atoms with Crippen molar-refractivity contribution in [2.24, 2.45) is 0 Å². The van der Waals surface area contributed by atoms with Gasteiger partial charge in [0.15, 0.2) is 0 Å². The van der Waals surface area contributed by atoms with Crippen LogP contribution in [0.3, 0.4) is 0 Å². The van der Waals surface area contributed by atoms with Gasteiger partial charge >= 0.3 is 0 Å². The summed E-state index contributed by atoms with van der Waals surface area (Å²) in [4.78, 5) is 7.02. The van der Waals surface area contributed by atoms with E-state index in [9.17, 15) is 0 Å². The molecule has 0 N–H and O–H groups in total. The van der Waals surface area contributed by atoms with E-state index < -0.39 is 0 Å². The second-order valence-electron chi connectivity index (χ2n) is 19.1. The van der Waals surface area contributed by atoms with Crippen molar-refractivity contribution in [1.29, 1.82) is 0 Å². The zero-order valence-electron chi connectivity index (χ0n) is 38.0. The first-order valence-corrected chi connectivity index (χ1v) is 25.2. The summed E-state index contributed by atoms with van der Waals surface area (Å²) in [6.45, 7) is -0.619. The van der Waals surface area contributed by atoms with Crippen molar-refractivity contribution in [3.63, 3.8) is 0 Å². The van der Waals surface area contributed by atoms with Gasteiger partial charge in [-0.15, -0.1) is 0 Å². The van der Waals surface area contributed by atoms with Crippen molar-refractivity contribution >= 4 is 155 Å². The van der Waals surface area contributed by atoms with Crippen LogP contribution in [0.15, 0.2) is 200 Å². The highest BCUT2D eigenvalue weighted by Gasteiger charge is 2.49. The maximum Gasteiger partial charge on any atom is 0.256 e. The Morgan fingerprint density at radius 2 is 0.597 bits per heavy atom. The summed E-state index contributed by atoms with van der Waals surface area (Å²) in [6, 6.07) is 70.0. The smallest absolute Gasteiger partial charge is 0.256 e. The molecule has 6 nitrogen and oxygen atoms in total. The minimum atomic E-state index is -0.278. The Balaban J connectivity index is 1.01. The average molecular weight is 983 g/mol. The highest BCUT2D eigenvalue weighted by molar-refractivity contribution is 7.03. The third-order valence-electron chi connectivity index (χ3n) is 15.3. The Bertz CT molecular complexity index is 4020. The van der Waals surface area contributed by atoms with E-state index in [4.69, 9.17) is 49.0 Å². The summed E-state index contributed by atoms with van der Waals surface area (Å²) in [5, 5.41) is 1.77. The van der Waals surface area contributed by atoms with Crippen LogP contribution in [0.25, 0.3) is 0 Å². The lowest BCUT2D eigenvalue weighted by Gasteiger charge is -2.45. The normalized spacial score (nSPS) is 14.2. The summed E-state index contributed by atoms with van der Waals surface area (Å²) in [5.74, 6) is 4.60. The monoisotopic (exact) mass is 981 g/mol. The molecule has 10 aromatic carbocycles. The molecule has 16 rings (SSSR count). The van der Waals surface area contributed by atoms with Crippen molar-refractivity contribution in [2.45, 2.75) is 0 Å². The predicted molar refractivity (Wildman–Crippen MR) is 299 cm³/mol. The summed E-state index contributed by atoms with van der Waals surface area (Å²) in [7, 11) is 0. The van der Waals surface area contributed by atoms with Crippen molar-refractivity contribution in [3.05, 3.63) is 215 Å². The van der Waals surface area contributed by atoms with Crippen LogP contribution >= 0.6 is 34.8 Å². The molecule has 0 amide bonds. The standard InChI is InChI=1S/C60H33B3Cl3N3O3/c64-34-24-49-58-55(27-34)70-52-22-12-10-20-40(52)61(58)42-30-43-47(32-46(42)67(49)37-14-4-1-5-15-37)68(38-16-6-2-7-17-38)51-26-36(66)29-57-60(51)63(43)45-31-44-48(33-54(45)72-57)69(39-18-8-3-9-19-39)50-25-35(65)28-56-59(50)62(44)41-21-11-13-23-53(41)71-56/h1-33H. The zero-order valence-corrected chi connectivity index (χ0v) is 40.3. The third-order valence-corrected chi connectivity index (χ3v) is 16.0. The number of benzene rings is 10. The fourth-order valence-corrected chi connectivity index (χ4v) is 13.2. The van der Waals surface area contributed by atoms with Crippen molar-refractivity contribution in [3.8, 4) is 34.5 Å². The predicted octanol–water partition coefficient (Wildman–Crippen LogP) is 10.9. The Morgan fingerprint density at radius 1 is 0.264 bits per heavy atom. The fraction of sp³-hybridized carbons (Fsp3) is 0. The molecular formula is C60H33B3Cl3N3O3. The quantitative estimate of drug-likeness (QED) is 0.164. The SMILES string of the molecule is Clc1cc2c3c(c1)N(c1ccccc1)c1cc4c(cc1B3c1ccccc1O2)B1c2cc3c(cc2N(c2ccccc2)c2cc(Cl)cc(c21)O4)N(c1ccccc1)c1cc(Cl)cc2c1B3c1ccccc1O2. The van der Waals surface area contributed by atoms with Gasteiger partial charge in [0, 0.05) is 72.3 Å². The zero-order chi connectivity index (χ0) is 47.5. The third kappa shape index (κ3) is 5.67. The minimum absolute atomic E-state index is 0.170. The van der Waals surface area contributed by atoms with Crippen LogP contribution < -0.4 is 78.1 Å². The molecule has 10 aromatic rings. The fourth-order valence-electron chi connectivity index (χ4n) is 12.6. The second-order valence-corrected chi connectivity index (χ2v) is 20.4. The van der Waals surface area contributed by atoms with Gasteiger partial charge in [0.2, 0.25) is 0 Å². The van der Waals surface area contributed by atoms with Crippen LogP contribution in [-0.4, -0.2) is 20.1 Å². The Labute approximate surface area is 431 Å². The van der Waals surface area contributed by atoms with Gasteiger partial charge in [-0.3, -0.25) is 0 Å². The summed E-state index contributed by atoms with van der Waals surface area (Å²) < 4.78 is 20.8. The maximum absolute atomic E-state index is 7.28. The lowest BCUT2D eigenvalue weighted by Crippen LogP contribution is -2.65. The Kier molecular flexibility index (Phi) is 8.52. The van der Waals surface area contributed by atoms with E-state index in [2.05, 4.69) is 178 Å². The van der Waals surface area contributed by atoms with Gasteiger partial charge in [-0.05, 0) is 140 Å². The van der Waals surface area contributed by atoms with E-state index in [0.717, 1.165) is 129 Å². The number of hydrogen-bond donors (Lipinski definition) is 0. The molecule has 0 bridgehead atoms. The van der Waals surface area contributed by atoms with E-state index in [-0.39, 0.29) is 20.1 Å². The number of rotatable bonds is 3. The highest BCUT2D eigenvalue weighted by atomic mass is 35.5. The number of halogens is 3. The van der Waals surface area contributed by atoms with Crippen molar-refractivity contribution in [2.75, 3.05) is 14.7 Å². The second kappa shape index (κ2) is 15.0.